The zero-order valence-corrected chi connectivity index (χ0v) is 20.3. The number of benzene rings is 2. The number of rotatable bonds is 6. The minimum Gasteiger partial charge on any atom is -0.490 e. The molecule has 1 saturated carbocycles. The Morgan fingerprint density at radius 1 is 1.12 bits per heavy atom. The smallest absolute Gasteiger partial charge is 0.137 e. The van der Waals surface area contributed by atoms with Gasteiger partial charge in [-0.2, -0.15) is 5.26 Å². The van der Waals surface area contributed by atoms with Crippen molar-refractivity contribution in [3.63, 3.8) is 0 Å². The van der Waals surface area contributed by atoms with Gasteiger partial charge in [0, 0.05) is 23.8 Å². The van der Waals surface area contributed by atoms with Crippen LogP contribution in [0.15, 0.2) is 42.6 Å². The van der Waals surface area contributed by atoms with Gasteiger partial charge in [0.15, 0.2) is 0 Å². The van der Waals surface area contributed by atoms with Gasteiger partial charge < -0.3 is 10.1 Å². The van der Waals surface area contributed by atoms with E-state index >= 15 is 0 Å². The molecule has 5 rings (SSSR count). The first-order chi connectivity index (χ1) is 16.1. The average Bonchev–Trinajstić information content (AvgIpc) is 3.48. The summed E-state index contributed by atoms with van der Waals surface area (Å²) in [4.78, 5) is 5.92. The van der Waals surface area contributed by atoms with E-state index in [0.717, 1.165) is 17.0 Å². The van der Waals surface area contributed by atoms with Crippen LogP contribution in [-0.2, 0) is 6.42 Å². The predicted molar refractivity (Wildman–Crippen MR) is 135 cm³/mol. The molecular weight excluding hydrogens is 426 g/mol. The molecule has 170 valence electrons. The van der Waals surface area contributed by atoms with Crippen molar-refractivity contribution < 1.29 is 4.74 Å². The Morgan fingerprint density at radius 3 is 2.76 bits per heavy atom. The summed E-state index contributed by atoms with van der Waals surface area (Å²) in [5.41, 5.74) is 5.76. The van der Waals surface area contributed by atoms with Gasteiger partial charge >= 0.3 is 0 Å². The maximum absolute atomic E-state index is 9.58. The third-order valence-electron chi connectivity index (χ3n) is 6.79. The molecule has 1 heterocycles. The van der Waals surface area contributed by atoms with Gasteiger partial charge in [0.05, 0.1) is 16.5 Å². The van der Waals surface area contributed by atoms with Crippen molar-refractivity contribution >= 4 is 11.3 Å². The summed E-state index contributed by atoms with van der Waals surface area (Å²) in [7, 11) is 0. The predicted octanol–water partition coefficient (Wildman–Crippen LogP) is 7.05. The average molecular weight is 458 g/mol. The summed E-state index contributed by atoms with van der Waals surface area (Å²) in [6.07, 6.45) is 11.1. The number of nitrogens with one attached hydrogen (secondary N) is 1. The number of ether oxygens (including phenoxy) is 1. The molecule has 3 aromatic rings. The second-order valence-corrected chi connectivity index (χ2v) is 10.5. The minimum absolute atomic E-state index is 0.0334. The third-order valence-corrected chi connectivity index (χ3v) is 7.87. The maximum Gasteiger partial charge on any atom is 0.137 e. The Morgan fingerprint density at radius 2 is 1.97 bits per heavy atom. The van der Waals surface area contributed by atoms with Gasteiger partial charge in [0.2, 0.25) is 0 Å². The lowest BCUT2D eigenvalue weighted by molar-refractivity contribution is 0.242. The summed E-state index contributed by atoms with van der Waals surface area (Å²) in [6.45, 7) is 3.94. The fourth-order valence-corrected chi connectivity index (χ4v) is 6.22. The van der Waals surface area contributed by atoms with E-state index in [2.05, 4.69) is 29.6 Å². The summed E-state index contributed by atoms with van der Waals surface area (Å²) >= 11 is 1.70. The van der Waals surface area contributed by atoms with Crippen LogP contribution in [0.3, 0.4) is 0 Å². The number of fused-ring (bicyclic) bond motifs is 1. The first-order valence-electron chi connectivity index (χ1n) is 12.2. The van der Waals surface area contributed by atoms with Crippen molar-refractivity contribution in [3.8, 4) is 32.8 Å². The quantitative estimate of drug-likeness (QED) is 0.431. The molecule has 1 aromatic heterocycles. The van der Waals surface area contributed by atoms with Crippen LogP contribution in [0.25, 0.3) is 21.0 Å². The lowest BCUT2D eigenvalue weighted by Crippen LogP contribution is -2.33. The van der Waals surface area contributed by atoms with Crippen molar-refractivity contribution in [1.29, 1.82) is 5.26 Å². The molecule has 1 atom stereocenters. The van der Waals surface area contributed by atoms with E-state index < -0.39 is 0 Å². The highest BCUT2D eigenvalue weighted by atomic mass is 32.1. The van der Waals surface area contributed by atoms with Crippen LogP contribution in [0.1, 0.15) is 75.1 Å². The topological polar surface area (TPSA) is 57.9 Å². The molecule has 0 saturated heterocycles. The standard InChI is InChI=1S/C28H31N3OS/c1-18(2)32-26-14-11-19(15-20(26)16-29)28-30-17-27(33-28)24-10-6-9-23-22(24)12-13-25(23)31-21-7-4-3-5-8-21/h6,9-11,14-15,17-18,21,25,31H,3-5,7-8,12-13H2,1-2H3/t25-/m0/s1. The zero-order chi connectivity index (χ0) is 22.8. The van der Waals surface area contributed by atoms with E-state index in [1.165, 1.54) is 60.1 Å². The van der Waals surface area contributed by atoms with E-state index in [1.807, 2.05) is 38.2 Å². The van der Waals surface area contributed by atoms with Crippen molar-refractivity contribution in [2.75, 3.05) is 0 Å². The number of nitrogens with zero attached hydrogens (tertiary/aromatic N) is 2. The molecule has 33 heavy (non-hydrogen) atoms. The fraction of sp³-hybridized carbons (Fsp3) is 0.429. The van der Waals surface area contributed by atoms with E-state index in [0.29, 0.717) is 23.4 Å². The molecule has 0 bridgehead atoms. The number of aromatic nitrogens is 1. The summed E-state index contributed by atoms with van der Waals surface area (Å²) in [6, 6.07) is 15.9. The van der Waals surface area contributed by atoms with Crippen molar-refractivity contribution in [1.82, 2.24) is 10.3 Å². The molecule has 1 fully saturated rings. The van der Waals surface area contributed by atoms with Gasteiger partial charge in [-0.05, 0) is 74.4 Å². The van der Waals surface area contributed by atoms with Crippen molar-refractivity contribution in [3.05, 3.63) is 59.3 Å². The Labute approximate surface area is 200 Å². The normalized spacial score (nSPS) is 18.3. The summed E-state index contributed by atoms with van der Waals surface area (Å²) < 4.78 is 5.77. The third kappa shape index (κ3) is 4.69. The van der Waals surface area contributed by atoms with E-state index in [-0.39, 0.29) is 6.10 Å². The van der Waals surface area contributed by atoms with Crippen molar-refractivity contribution in [2.24, 2.45) is 0 Å². The first-order valence-corrected chi connectivity index (χ1v) is 13.0. The van der Waals surface area contributed by atoms with Gasteiger partial charge in [0.25, 0.3) is 0 Å². The lowest BCUT2D eigenvalue weighted by atomic mass is 9.94. The highest BCUT2D eigenvalue weighted by molar-refractivity contribution is 7.18. The number of hydrogen-bond donors (Lipinski definition) is 1. The van der Waals surface area contributed by atoms with Crippen LogP contribution in [0.4, 0.5) is 0 Å². The molecule has 0 spiro atoms. The minimum atomic E-state index is 0.0334. The Hall–Kier alpha value is -2.68. The van der Waals surface area contributed by atoms with Crippen molar-refractivity contribution in [2.45, 2.75) is 77.0 Å². The van der Waals surface area contributed by atoms with Gasteiger partial charge in [-0.3, -0.25) is 0 Å². The van der Waals surface area contributed by atoms with Crippen LogP contribution < -0.4 is 10.1 Å². The van der Waals surface area contributed by atoms with Crippen LogP contribution in [0, 0.1) is 11.3 Å². The SMILES string of the molecule is CC(C)Oc1ccc(-c2ncc(-c3cccc4c3CC[C@@H]4NC3CCCCC3)s2)cc1C#N. The molecule has 2 aliphatic rings. The molecule has 2 aliphatic carbocycles. The number of hydrogen-bond acceptors (Lipinski definition) is 5. The molecule has 0 amide bonds. The summed E-state index contributed by atoms with van der Waals surface area (Å²) in [5.74, 6) is 0.630. The van der Waals surface area contributed by atoms with E-state index in [4.69, 9.17) is 9.72 Å². The molecule has 0 radical (unpaired) electrons. The van der Waals surface area contributed by atoms with Gasteiger partial charge in [-0.25, -0.2) is 4.98 Å². The Balaban J connectivity index is 1.39. The number of thiazole rings is 1. The van der Waals surface area contributed by atoms with E-state index in [1.54, 1.807) is 11.3 Å². The van der Waals surface area contributed by atoms with Gasteiger partial charge in [-0.1, -0.05) is 37.5 Å². The van der Waals surface area contributed by atoms with E-state index in [9.17, 15) is 5.26 Å². The molecule has 4 nitrogen and oxygen atoms in total. The van der Waals surface area contributed by atoms with Gasteiger partial charge in [0.1, 0.15) is 16.8 Å². The van der Waals surface area contributed by atoms with Crippen LogP contribution in [0.5, 0.6) is 5.75 Å². The highest BCUT2D eigenvalue weighted by Crippen LogP contribution is 2.41. The van der Waals surface area contributed by atoms with Crippen LogP contribution in [0.2, 0.25) is 0 Å². The molecule has 5 heteroatoms. The molecule has 0 unspecified atom stereocenters. The molecule has 0 aliphatic heterocycles. The van der Waals surface area contributed by atoms with Gasteiger partial charge in [-0.15, -0.1) is 11.3 Å². The highest BCUT2D eigenvalue weighted by Gasteiger charge is 2.28. The number of nitriles is 1. The molecule has 2 aromatic carbocycles. The maximum atomic E-state index is 9.58. The fourth-order valence-electron chi connectivity index (χ4n) is 5.25. The molecular formula is C28H31N3OS. The second kappa shape index (κ2) is 9.67. The van der Waals surface area contributed by atoms with Crippen LogP contribution in [-0.4, -0.2) is 17.1 Å². The molecule has 1 N–H and O–H groups in total. The van der Waals surface area contributed by atoms with Crippen LogP contribution >= 0.6 is 11.3 Å². The summed E-state index contributed by atoms with van der Waals surface area (Å²) in [5, 5.41) is 14.5. The first kappa shape index (κ1) is 22.1. The zero-order valence-electron chi connectivity index (χ0n) is 19.4. The lowest BCUT2D eigenvalue weighted by Gasteiger charge is -2.27. The Kier molecular flexibility index (Phi) is 6.48. The second-order valence-electron chi connectivity index (χ2n) is 9.49. The Bertz CT molecular complexity index is 1170. The monoisotopic (exact) mass is 457 g/mol. The largest absolute Gasteiger partial charge is 0.490 e.